The maximum absolute atomic E-state index is 13.1. The molecule has 5 nitrogen and oxygen atoms in total. The van der Waals surface area contributed by atoms with Crippen molar-refractivity contribution >= 4 is 5.91 Å². The minimum Gasteiger partial charge on any atom is -0.475 e. The van der Waals surface area contributed by atoms with Crippen LogP contribution >= 0.6 is 0 Å². The quantitative estimate of drug-likeness (QED) is 0.853. The third-order valence-corrected chi connectivity index (χ3v) is 4.21. The van der Waals surface area contributed by atoms with Crippen LogP contribution in [0.5, 0.6) is 5.88 Å². The summed E-state index contributed by atoms with van der Waals surface area (Å²) < 4.78 is 37.3. The van der Waals surface area contributed by atoms with Crippen molar-refractivity contribution in [3.63, 3.8) is 0 Å². The minimum absolute atomic E-state index is 0.0725. The molecule has 0 aliphatic carbocycles. The molecule has 2 saturated heterocycles. The second-order valence-electron chi connectivity index (χ2n) is 5.98. The van der Waals surface area contributed by atoms with Gasteiger partial charge in [0.05, 0.1) is 11.7 Å². The molecule has 0 radical (unpaired) electrons. The van der Waals surface area contributed by atoms with Crippen molar-refractivity contribution < 1.29 is 23.0 Å². The van der Waals surface area contributed by atoms with E-state index in [1.807, 2.05) is 0 Å². The lowest BCUT2D eigenvalue weighted by atomic mass is 10.1. The van der Waals surface area contributed by atoms with Gasteiger partial charge in [0.25, 0.3) is 11.8 Å². The molecule has 0 bridgehead atoms. The van der Waals surface area contributed by atoms with Crippen molar-refractivity contribution in [1.29, 1.82) is 0 Å². The molecule has 2 fully saturated rings. The third kappa shape index (κ3) is 4.16. The molecule has 1 aromatic rings. The number of rotatable bonds is 4. The smallest absolute Gasteiger partial charge is 0.255 e. The maximum Gasteiger partial charge on any atom is 0.255 e. The number of piperidine rings is 1. The van der Waals surface area contributed by atoms with Crippen LogP contribution < -0.4 is 4.74 Å². The van der Waals surface area contributed by atoms with E-state index in [4.69, 9.17) is 9.47 Å². The lowest BCUT2D eigenvalue weighted by molar-refractivity contribution is -0.0494. The highest BCUT2D eigenvalue weighted by molar-refractivity contribution is 5.94. The fraction of sp³-hybridized carbons (Fsp3) is 0.625. The number of amides is 1. The second kappa shape index (κ2) is 6.78. The van der Waals surface area contributed by atoms with E-state index < -0.39 is 5.92 Å². The summed E-state index contributed by atoms with van der Waals surface area (Å²) in [4.78, 5) is 17.8. The Morgan fingerprint density at radius 3 is 2.78 bits per heavy atom. The molecule has 23 heavy (non-hydrogen) atoms. The van der Waals surface area contributed by atoms with Gasteiger partial charge in [-0.1, -0.05) is 0 Å². The van der Waals surface area contributed by atoms with Gasteiger partial charge >= 0.3 is 0 Å². The number of halogens is 2. The van der Waals surface area contributed by atoms with E-state index in [2.05, 4.69) is 4.98 Å². The van der Waals surface area contributed by atoms with Gasteiger partial charge < -0.3 is 14.4 Å². The van der Waals surface area contributed by atoms with Crippen LogP contribution in [0.15, 0.2) is 18.3 Å². The van der Waals surface area contributed by atoms with Crippen LogP contribution in [-0.4, -0.2) is 54.1 Å². The number of ether oxygens (including phenoxy) is 2. The van der Waals surface area contributed by atoms with Gasteiger partial charge in [-0.25, -0.2) is 13.8 Å². The van der Waals surface area contributed by atoms with Crippen molar-refractivity contribution in [2.75, 3.05) is 26.3 Å². The molecule has 1 aromatic heterocycles. The van der Waals surface area contributed by atoms with Crippen LogP contribution in [0.25, 0.3) is 0 Å². The predicted octanol–water partition coefficient (Wildman–Crippen LogP) is 2.51. The summed E-state index contributed by atoms with van der Waals surface area (Å²) in [7, 11) is 0. The monoisotopic (exact) mass is 326 g/mol. The van der Waals surface area contributed by atoms with E-state index >= 15 is 0 Å². The Labute approximate surface area is 133 Å². The van der Waals surface area contributed by atoms with Gasteiger partial charge in [-0.15, -0.1) is 0 Å². The molecule has 0 aromatic carbocycles. The van der Waals surface area contributed by atoms with E-state index in [0.717, 1.165) is 19.4 Å². The molecule has 3 heterocycles. The highest BCUT2D eigenvalue weighted by Gasteiger charge is 2.35. The molecule has 2 aliphatic heterocycles. The molecular weight excluding hydrogens is 306 g/mol. The molecule has 1 atom stereocenters. The van der Waals surface area contributed by atoms with E-state index in [1.54, 1.807) is 12.1 Å². The number of aromatic nitrogens is 1. The number of nitrogens with zero attached hydrogens (tertiary/aromatic N) is 2. The first-order valence-corrected chi connectivity index (χ1v) is 7.91. The van der Waals surface area contributed by atoms with Crippen molar-refractivity contribution in [3.8, 4) is 5.88 Å². The van der Waals surface area contributed by atoms with Crippen LogP contribution in [0.4, 0.5) is 8.78 Å². The van der Waals surface area contributed by atoms with Gasteiger partial charge in [-0.2, -0.15) is 0 Å². The maximum atomic E-state index is 13.1. The lowest BCUT2D eigenvalue weighted by Gasteiger charge is -2.31. The number of alkyl halides is 2. The fourth-order valence-corrected chi connectivity index (χ4v) is 2.77. The zero-order valence-corrected chi connectivity index (χ0v) is 12.8. The molecule has 0 spiro atoms. The van der Waals surface area contributed by atoms with Crippen LogP contribution in [0, 0.1) is 0 Å². The molecule has 0 N–H and O–H groups in total. The molecular formula is C16H20F2N2O3. The number of hydrogen-bond donors (Lipinski definition) is 0. The van der Waals surface area contributed by atoms with Gasteiger partial charge in [0.15, 0.2) is 0 Å². The van der Waals surface area contributed by atoms with Crippen molar-refractivity contribution in [2.45, 2.75) is 37.7 Å². The summed E-state index contributed by atoms with van der Waals surface area (Å²) in [5.41, 5.74) is 0.389. The molecule has 2 aliphatic rings. The Hall–Kier alpha value is -1.76. The molecule has 0 unspecified atom stereocenters. The zero-order chi connectivity index (χ0) is 16.3. The lowest BCUT2D eigenvalue weighted by Crippen LogP contribution is -2.42. The second-order valence-corrected chi connectivity index (χ2v) is 5.98. The summed E-state index contributed by atoms with van der Waals surface area (Å²) >= 11 is 0. The number of likely N-dealkylation sites (tertiary alicyclic amines) is 1. The van der Waals surface area contributed by atoms with Crippen molar-refractivity contribution in [1.82, 2.24) is 9.88 Å². The molecule has 126 valence electrons. The summed E-state index contributed by atoms with van der Waals surface area (Å²) in [5.74, 6) is -2.49. The van der Waals surface area contributed by atoms with Crippen LogP contribution in [0.2, 0.25) is 0 Å². The van der Waals surface area contributed by atoms with Gasteiger partial charge in [0.1, 0.15) is 6.61 Å². The van der Waals surface area contributed by atoms with Crippen LogP contribution in [0.1, 0.15) is 36.0 Å². The number of carbonyl (C=O) groups excluding carboxylic acids is 1. The SMILES string of the molecule is O=C(c1ccc(OC[C@@H]2CCCO2)nc1)N1CCC(F)(F)CC1. The molecule has 3 rings (SSSR count). The largest absolute Gasteiger partial charge is 0.475 e. The van der Waals surface area contributed by atoms with Crippen LogP contribution in [-0.2, 0) is 4.74 Å². The molecule has 7 heteroatoms. The molecule has 1 amide bonds. The van der Waals surface area contributed by atoms with Gasteiger partial charge in [-0.05, 0) is 18.9 Å². The Morgan fingerprint density at radius 2 is 2.17 bits per heavy atom. The van der Waals surface area contributed by atoms with Crippen LogP contribution in [0.3, 0.4) is 0 Å². The number of hydrogen-bond acceptors (Lipinski definition) is 4. The first-order valence-electron chi connectivity index (χ1n) is 7.91. The first-order chi connectivity index (χ1) is 11.0. The third-order valence-electron chi connectivity index (χ3n) is 4.21. The minimum atomic E-state index is -2.66. The zero-order valence-electron chi connectivity index (χ0n) is 12.8. The van der Waals surface area contributed by atoms with E-state index in [9.17, 15) is 13.6 Å². The summed E-state index contributed by atoms with van der Waals surface area (Å²) in [5, 5.41) is 0. The van der Waals surface area contributed by atoms with Gasteiger partial charge in [0.2, 0.25) is 5.88 Å². The molecule has 0 saturated carbocycles. The van der Waals surface area contributed by atoms with Gasteiger partial charge in [-0.3, -0.25) is 4.79 Å². The highest BCUT2D eigenvalue weighted by atomic mass is 19.3. The van der Waals surface area contributed by atoms with E-state index in [1.165, 1.54) is 11.1 Å². The normalized spacial score (nSPS) is 23.7. The Kier molecular flexibility index (Phi) is 4.75. The Morgan fingerprint density at radius 1 is 1.39 bits per heavy atom. The highest BCUT2D eigenvalue weighted by Crippen LogP contribution is 2.28. The number of pyridine rings is 1. The summed E-state index contributed by atoms with van der Waals surface area (Å²) in [6.45, 7) is 1.36. The number of carbonyl (C=O) groups is 1. The van der Waals surface area contributed by atoms with Crippen molar-refractivity contribution in [2.24, 2.45) is 0 Å². The standard InChI is InChI=1S/C16H20F2N2O3/c17-16(18)5-7-20(8-6-16)15(21)12-3-4-14(19-10-12)23-11-13-2-1-9-22-13/h3-4,10,13H,1-2,5-9,11H2/t13-/m0/s1. The van der Waals surface area contributed by atoms with Crippen molar-refractivity contribution in [3.05, 3.63) is 23.9 Å². The van der Waals surface area contributed by atoms with E-state index in [-0.39, 0.29) is 37.9 Å². The summed E-state index contributed by atoms with van der Waals surface area (Å²) in [6.07, 6.45) is 3.00. The fourth-order valence-electron chi connectivity index (χ4n) is 2.77. The topological polar surface area (TPSA) is 51.7 Å². The Balaban J connectivity index is 1.53. The van der Waals surface area contributed by atoms with E-state index in [0.29, 0.717) is 18.1 Å². The predicted molar refractivity (Wildman–Crippen MR) is 78.8 cm³/mol. The first kappa shape index (κ1) is 16.1. The average molecular weight is 326 g/mol. The average Bonchev–Trinajstić information content (AvgIpc) is 3.06. The Bertz CT molecular complexity index is 535. The van der Waals surface area contributed by atoms with Gasteiger partial charge in [0, 0.05) is 44.8 Å². The summed E-state index contributed by atoms with van der Waals surface area (Å²) in [6, 6.07) is 3.24.